The molecule has 4 aromatic carbocycles. The first-order valence-corrected chi connectivity index (χ1v) is 10.6. The lowest BCUT2D eigenvalue weighted by atomic mass is 10.00. The summed E-state index contributed by atoms with van der Waals surface area (Å²) in [6.07, 6.45) is 2.55. The molecule has 3 N–H and O–H groups in total. The van der Waals surface area contributed by atoms with Gasteiger partial charge in [-0.25, -0.2) is 0 Å². The van der Waals surface area contributed by atoms with Gasteiger partial charge < -0.3 is 15.0 Å². The number of rotatable bonds is 3. The van der Waals surface area contributed by atoms with Gasteiger partial charge in [-0.1, -0.05) is 36.4 Å². The van der Waals surface area contributed by atoms with Gasteiger partial charge in [0.05, 0.1) is 33.1 Å². The Hall–Kier alpha value is -4.71. The minimum Gasteiger partial charge on any atom is -0.353 e. The fourth-order valence-corrected chi connectivity index (χ4v) is 5.36. The second kappa shape index (κ2) is 6.17. The summed E-state index contributed by atoms with van der Waals surface area (Å²) in [5.74, 6) is 0. The maximum atomic E-state index is 11.8. The van der Waals surface area contributed by atoms with E-state index >= 15 is 0 Å². The number of carbonyl (C=O) groups is 3. The normalized spacial score (nSPS) is 12.0. The van der Waals surface area contributed by atoms with Crippen LogP contribution < -0.4 is 0 Å². The molecule has 6 nitrogen and oxygen atoms in total. The third-order valence-electron chi connectivity index (χ3n) is 6.73. The first-order valence-electron chi connectivity index (χ1n) is 10.6. The molecule has 0 saturated heterocycles. The average molecular weight is 429 g/mol. The Morgan fingerprint density at radius 2 is 0.788 bits per heavy atom. The quantitative estimate of drug-likeness (QED) is 0.299. The molecule has 7 rings (SSSR count). The van der Waals surface area contributed by atoms with Gasteiger partial charge in [-0.15, -0.1) is 0 Å². The largest absolute Gasteiger partial charge is 0.353 e. The molecule has 0 unspecified atom stereocenters. The third-order valence-corrected chi connectivity index (χ3v) is 6.73. The van der Waals surface area contributed by atoms with Gasteiger partial charge in [0, 0.05) is 49.0 Å². The van der Waals surface area contributed by atoms with Crippen LogP contribution in [0.3, 0.4) is 0 Å². The van der Waals surface area contributed by atoms with E-state index in [9.17, 15) is 14.4 Å². The number of para-hydroxylation sites is 3. The lowest BCUT2D eigenvalue weighted by molar-refractivity contribution is 0.111. The molecule has 0 bridgehead atoms. The maximum absolute atomic E-state index is 11.8. The first-order chi connectivity index (χ1) is 16.2. The molecule has 3 aromatic heterocycles. The van der Waals surface area contributed by atoms with Gasteiger partial charge in [0.15, 0.2) is 18.9 Å². The molecule has 0 saturated carbocycles. The number of carbonyl (C=O) groups excluding carboxylic acids is 3. The molecule has 156 valence electrons. The molecule has 6 heteroatoms. The minimum atomic E-state index is 0.569. The van der Waals surface area contributed by atoms with Crippen molar-refractivity contribution in [1.29, 1.82) is 0 Å². The van der Waals surface area contributed by atoms with E-state index in [0.29, 0.717) is 16.7 Å². The van der Waals surface area contributed by atoms with Crippen LogP contribution >= 0.6 is 0 Å². The topological polar surface area (TPSA) is 98.6 Å². The summed E-state index contributed by atoms with van der Waals surface area (Å²) in [5, 5.41) is 5.64. The fraction of sp³-hybridized carbons (Fsp3) is 0. The monoisotopic (exact) mass is 429 g/mol. The fourth-order valence-electron chi connectivity index (χ4n) is 5.36. The number of aldehydes is 3. The van der Waals surface area contributed by atoms with Gasteiger partial charge in [-0.2, -0.15) is 0 Å². The second-order valence-corrected chi connectivity index (χ2v) is 8.29. The van der Waals surface area contributed by atoms with Crippen LogP contribution in [0.15, 0.2) is 54.6 Å². The molecule has 3 heterocycles. The Balaban J connectivity index is 1.90. The number of aromatic amines is 3. The number of aromatic nitrogens is 3. The predicted molar refractivity (Wildman–Crippen MR) is 131 cm³/mol. The smallest absolute Gasteiger partial charge is 0.152 e. The zero-order valence-corrected chi connectivity index (χ0v) is 17.2. The van der Waals surface area contributed by atoms with Crippen molar-refractivity contribution < 1.29 is 14.4 Å². The molecule has 0 fully saturated rings. The summed E-state index contributed by atoms with van der Waals surface area (Å²) in [6.45, 7) is 0. The highest BCUT2D eigenvalue weighted by atomic mass is 16.1. The number of fused-ring (bicyclic) bond motifs is 12. The second-order valence-electron chi connectivity index (χ2n) is 8.29. The van der Waals surface area contributed by atoms with Crippen LogP contribution in [0.1, 0.15) is 31.1 Å². The lowest BCUT2D eigenvalue weighted by Crippen LogP contribution is -1.81. The molecule has 7 aromatic rings. The minimum absolute atomic E-state index is 0.569. The van der Waals surface area contributed by atoms with E-state index in [2.05, 4.69) is 15.0 Å². The Kier molecular flexibility index (Phi) is 3.35. The van der Waals surface area contributed by atoms with E-state index < -0.39 is 0 Å². The van der Waals surface area contributed by atoms with Crippen molar-refractivity contribution in [3.8, 4) is 0 Å². The number of benzene rings is 4. The molecule has 0 aliphatic carbocycles. The number of H-pyrrole nitrogens is 3. The summed E-state index contributed by atoms with van der Waals surface area (Å²) >= 11 is 0. The van der Waals surface area contributed by atoms with Gasteiger partial charge in [0.2, 0.25) is 0 Å². The standard InChI is InChI=1S/C27H15N3O3/c31-10-13-4-1-7-16-19-20-17-8-2-5-14(11-32)23(17)29-26(20)27-21(25(19)28-22(13)16)18-9-3-6-15(12-33)24(18)30-27/h1-12,28-30H. The van der Waals surface area contributed by atoms with Crippen molar-refractivity contribution in [3.63, 3.8) is 0 Å². The molecular weight excluding hydrogens is 414 g/mol. The van der Waals surface area contributed by atoms with Crippen LogP contribution in [0, 0.1) is 0 Å². The van der Waals surface area contributed by atoms with Gasteiger partial charge in [0.1, 0.15) is 0 Å². The first kappa shape index (κ1) is 17.9. The van der Waals surface area contributed by atoms with Crippen LogP contribution in [-0.2, 0) is 0 Å². The van der Waals surface area contributed by atoms with E-state index in [1.165, 1.54) is 0 Å². The summed E-state index contributed by atoms with van der Waals surface area (Å²) in [4.78, 5) is 45.8. The highest BCUT2D eigenvalue weighted by Crippen LogP contribution is 2.45. The average Bonchev–Trinajstić information content (AvgIpc) is 3.54. The summed E-state index contributed by atoms with van der Waals surface area (Å²) < 4.78 is 0. The van der Waals surface area contributed by atoms with Crippen molar-refractivity contribution in [2.24, 2.45) is 0 Å². The van der Waals surface area contributed by atoms with E-state index in [1.807, 2.05) is 36.4 Å². The summed E-state index contributed by atoms with van der Waals surface area (Å²) in [7, 11) is 0. The third kappa shape index (κ3) is 2.09. The number of hydrogen-bond donors (Lipinski definition) is 3. The Bertz CT molecular complexity index is 1980. The zero-order chi connectivity index (χ0) is 22.3. The van der Waals surface area contributed by atoms with Gasteiger partial charge in [0.25, 0.3) is 0 Å². The Morgan fingerprint density at radius 3 is 1.24 bits per heavy atom. The molecule has 0 radical (unpaired) electrons. The Labute approximate surface area is 185 Å². The van der Waals surface area contributed by atoms with Crippen molar-refractivity contribution in [1.82, 2.24) is 15.0 Å². The van der Waals surface area contributed by atoms with E-state index in [-0.39, 0.29) is 0 Å². The highest BCUT2D eigenvalue weighted by Gasteiger charge is 2.22. The zero-order valence-electron chi connectivity index (χ0n) is 17.2. The predicted octanol–water partition coefficient (Wildman–Crippen LogP) is 6.03. The molecule has 0 atom stereocenters. The highest BCUT2D eigenvalue weighted by molar-refractivity contribution is 6.40. The van der Waals surface area contributed by atoms with Crippen LogP contribution in [0.4, 0.5) is 0 Å². The van der Waals surface area contributed by atoms with Gasteiger partial charge in [-0.3, -0.25) is 14.4 Å². The molecule has 0 aliphatic heterocycles. The van der Waals surface area contributed by atoms with E-state index in [1.54, 1.807) is 18.2 Å². The molecule has 0 amide bonds. The van der Waals surface area contributed by atoms with Crippen LogP contribution in [-0.4, -0.2) is 33.8 Å². The SMILES string of the molecule is O=Cc1cccc2c1[nH]c1c3[nH]c4c(C=O)cccc4c3c3c4cccc(C=O)c4[nH]c3c21. The van der Waals surface area contributed by atoms with E-state index in [4.69, 9.17) is 0 Å². The Morgan fingerprint density at radius 1 is 0.424 bits per heavy atom. The van der Waals surface area contributed by atoms with Crippen molar-refractivity contribution in [2.45, 2.75) is 0 Å². The molecule has 0 spiro atoms. The van der Waals surface area contributed by atoms with Crippen LogP contribution in [0.5, 0.6) is 0 Å². The lowest BCUT2D eigenvalue weighted by Gasteiger charge is -2.01. The van der Waals surface area contributed by atoms with Crippen molar-refractivity contribution >= 4 is 84.3 Å². The van der Waals surface area contributed by atoms with Crippen molar-refractivity contribution in [3.05, 3.63) is 71.3 Å². The van der Waals surface area contributed by atoms with Gasteiger partial charge in [-0.05, 0) is 18.2 Å². The maximum Gasteiger partial charge on any atom is 0.152 e. The molecule has 0 aliphatic rings. The molecular formula is C27H15N3O3. The van der Waals surface area contributed by atoms with Crippen LogP contribution in [0.25, 0.3) is 65.4 Å². The van der Waals surface area contributed by atoms with Crippen LogP contribution in [0.2, 0.25) is 0 Å². The van der Waals surface area contributed by atoms with E-state index in [0.717, 1.165) is 84.3 Å². The van der Waals surface area contributed by atoms with Gasteiger partial charge >= 0.3 is 0 Å². The number of nitrogens with one attached hydrogen (secondary N) is 3. The van der Waals surface area contributed by atoms with Crippen molar-refractivity contribution in [2.75, 3.05) is 0 Å². The number of hydrogen-bond acceptors (Lipinski definition) is 3. The summed E-state index contributed by atoms with van der Waals surface area (Å²) in [5.41, 5.74) is 6.56. The molecule has 33 heavy (non-hydrogen) atoms. The summed E-state index contributed by atoms with van der Waals surface area (Å²) in [6, 6.07) is 17.0.